The van der Waals surface area contributed by atoms with E-state index in [0.29, 0.717) is 17.9 Å². The van der Waals surface area contributed by atoms with Crippen LogP contribution in [0.3, 0.4) is 0 Å². The molecule has 0 aromatic carbocycles. The minimum absolute atomic E-state index is 0.00539. The van der Waals surface area contributed by atoms with Crippen LogP contribution in [0.5, 0.6) is 0 Å². The van der Waals surface area contributed by atoms with E-state index in [2.05, 4.69) is 26.8 Å². The molecule has 0 saturated heterocycles. The second-order valence-corrected chi connectivity index (χ2v) is 6.81. The molecular formula is C19H28O3. The highest BCUT2D eigenvalue weighted by Gasteiger charge is 2.43. The van der Waals surface area contributed by atoms with E-state index in [9.17, 15) is 14.7 Å². The summed E-state index contributed by atoms with van der Waals surface area (Å²) in [6.45, 7) is 6.25. The Balaban J connectivity index is 2.28. The SMILES string of the molecule is CCCCC1=CC(=O)C([C@@H]2C=C(C)CCC2CC)C(O)C1=O. The Morgan fingerprint density at radius 3 is 2.64 bits per heavy atom. The van der Waals surface area contributed by atoms with Crippen LogP contribution in [-0.2, 0) is 9.59 Å². The lowest BCUT2D eigenvalue weighted by Gasteiger charge is -2.37. The zero-order valence-electron chi connectivity index (χ0n) is 14.0. The Morgan fingerprint density at radius 1 is 1.27 bits per heavy atom. The molecule has 0 bridgehead atoms. The fourth-order valence-corrected chi connectivity index (χ4v) is 3.84. The highest BCUT2D eigenvalue weighted by Crippen LogP contribution is 2.39. The Labute approximate surface area is 133 Å². The lowest BCUT2D eigenvalue weighted by molar-refractivity contribution is -0.137. The molecule has 122 valence electrons. The number of rotatable bonds is 5. The average Bonchev–Trinajstić information content (AvgIpc) is 2.50. The maximum Gasteiger partial charge on any atom is 0.188 e. The normalized spacial score (nSPS) is 32.7. The summed E-state index contributed by atoms with van der Waals surface area (Å²) in [7, 11) is 0. The largest absolute Gasteiger partial charge is 0.384 e. The van der Waals surface area contributed by atoms with Crippen molar-refractivity contribution >= 4 is 11.6 Å². The second kappa shape index (κ2) is 7.36. The number of ketones is 2. The molecule has 0 aromatic rings. The van der Waals surface area contributed by atoms with Crippen LogP contribution < -0.4 is 0 Å². The molecule has 22 heavy (non-hydrogen) atoms. The molecule has 2 aliphatic carbocycles. The topological polar surface area (TPSA) is 54.4 Å². The number of Topliss-reactive ketones (excluding diaryl/α,β-unsaturated/α-hetero) is 1. The smallest absolute Gasteiger partial charge is 0.188 e. The van der Waals surface area contributed by atoms with Gasteiger partial charge in [0.15, 0.2) is 11.6 Å². The quantitative estimate of drug-likeness (QED) is 0.789. The summed E-state index contributed by atoms with van der Waals surface area (Å²) in [5, 5.41) is 10.5. The van der Waals surface area contributed by atoms with Gasteiger partial charge < -0.3 is 5.11 Å². The second-order valence-electron chi connectivity index (χ2n) is 6.81. The molecule has 0 saturated carbocycles. The van der Waals surface area contributed by atoms with E-state index in [1.165, 1.54) is 11.6 Å². The number of hydrogen-bond donors (Lipinski definition) is 1. The zero-order chi connectivity index (χ0) is 16.3. The standard InChI is InChI=1S/C19H28O3/c1-4-6-7-14-11-16(20)17(19(22)18(14)21)15-10-12(3)8-9-13(15)5-2/h10-11,13,15,17,19,22H,4-9H2,1-3H3/t13?,15-,17?,19?/m1/s1. The fraction of sp³-hybridized carbons (Fsp3) is 0.684. The van der Waals surface area contributed by atoms with Gasteiger partial charge in [-0.15, -0.1) is 0 Å². The molecule has 3 unspecified atom stereocenters. The highest BCUT2D eigenvalue weighted by molar-refractivity contribution is 6.12. The Kier molecular flexibility index (Phi) is 5.74. The van der Waals surface area contributed by atoms with E-state index in [-0.39, 0.29) is 17.5 Å². The minimum Gasteiger partial charge on any atom is -0.384 e. The zero-order valence-corrected chi connectivity index (χ0v) is 14.0. The Hall–Kier alpha value is -1.22. The molecule has 2 rings (SSSR count). The Morgan fingerprint density at radius 2 is 2.00 bits per heavy atom. The lowest BCUT2D eigenvalue weighted by Crippen LogP contribution is -2.45. The number of aliphatic hydroxyl groups is 1. The lowest BCUT2D eigenvalue weighted by atomic mass is 9.67. The first kappa shape index (κ1) is 17.1. The van der Waals surface area contributed by atoms with Crippen molar-refractivity contribution in [2.75, 3.05) is 0 Å². The van der Waals surface area contributed by atoms with Gasteiger partial charge >= 0.3 is 0 Å². The van der Waals surface area contributed by atoms with Gasteiger partial charge in [-0.1, -0.05) is 38.3 Å². The van der Waals surface area contributed by atoms with Crippen molar-refractivity contribution in [2.24, 2.45) is 17.8 Å². The molecule has 1 N–H and O–H groups in total. The summed E-state index contributed by atoms with van der Waals surface area (Å²) in [6.07, 6.45) is 8.00. The van der Waals surface area contributed by atoms with Crippen molar-refractivity contribution in [3.63, 3.8) is 0 Å². The molecule has 3 heteroatoms. The summed E-state index contributed by atoms with van der Waals surface area (Å²) in [5.41, 5.74) is 1.78. The number of unbranched alkanes of at least 4 members (excludes halogenated alkanes) is 1. The van der Waals surface area contributed by atoms with Crippen LogP contribution in [-0.4, -0.2) is 22.8 Å². The number of aliphatic hydroxyl groups excluding tert-OH is 1. The van der Waals surface area contributed by atoms with Crippen LogP contribution >= 0.6 is 0 Å². The van der Waals surface area contributed by atoms with Gasteiger partial charge in [-0.3, -0.25) is 9.59 Å². The molecule has 0 amide bonds. The third kappa shape index (κ3) is 3.40. The van der Waals surface area contributed by atoms with Crippen LogP contribution in [0.25, 0.3) is 0 Å². The first-order valence-corrected chi connectivity index (χ1v) is 8.63. The van der Waals surface area contributed by atoms with Gasteiger partial charge in [-0.2, -0.15) is 0 Å². The van der Waals surface area contributed by atoms with Gasteiger partial charge in [-0.25, -0.2) is 0 Å². The van der Waals surface area contributed by atoms with Crippen molar-refractivity contribution < 1.29 is 14.7 Å². The van der Waals surface area contributed by atoms with E-state index in [4.69, 9.17) is 0 Å². The summed E-state index contributed by atoms with van der Waals surface area (Å²) in [5.74, 6) is -0.505. The van der Waals surface area contributed by atoms with E-state index in [1.807, 2.05) is 0 Å². The number of carbonyl (C=O) groups excluding carboxylic acids is 2. The first-order chi connectivity index (χ1) is 10.5. The van der Waals surface area contributed by atoms with Crippen molar-refractivity contribution in [1.82, 2.24) is 0 Å². The third-order valence-corrected chi connectivity index (χ3v) is 5.24. The van der Waals surface area contributed by atoms with Gasteiger partial charge in [0.05, 0.1) is 5.92 Å². The van der Waals surface area contributed by atoms with Gasteiger partial charge in [0, 0.05) is 5.57 Å². The third-order valence-electron chi connectivity index (χ3n) is 5.24. The maximum absolute atomic E-state index is 12.6. The molecular weight excluding hydrogens is 276 g/mol. The molecule has 2 aliphatic rings. The highest BCUT2D eigenvalue weighted by atomic mass is 16.3. The van der Waals surface area contributed by atoms with Crippen LogP contribution in [0, 0.1) is 17.8 Å². The van der Waals surface area contributed by atoms with Crippen molar-refractivity contribution in [3.05, 3.63) is 23.3 Å². The van der Waals surface area contributed by atoms with Crippen molar-refractivity contribution in [3.8, 4) is 0 Å². The van der Waals surface area contributed by atoms with E-state index in [0.717, 1.165) is 32.1 Å². The predicted octanol–water partition coefficient (Wildman–Crippen LogP) is 3.61. The summed E-state index contributed by atoms with van der Waals surface area (Å²) < 4.78 is 0. The van der Waals surface area contributed by atoms with E-state index in [1.54, 1.807) is 0 Å². The molecule has 0 spiro atoms. The molecule has 0 aliphatic heterocycles. The van der Waals surface area contributed by atoms with Gasteiger partial charge in [0.2, 0.25) is 0 Å². The Bertz CT molecular complexity index is 501. The first-order valence-electron chi connectivity index (χ1n) is 8.63. The fourth-order valence-electron chi connectivity index (χ4n) is 3.84. The number of hydrogen-bond acceptors (Lipinski definition) is 3. The molecule has 0 heterocycles. The number of carbonyl (C=O) groups is 2. The summed E-state index contributed by atoms with van der Waals surface area (Å²) >= 11 is 0. The molecule has 3 nitrogen and oxygen atoms in total. The van der Waals surface area contributed by atoms with Gasteiger partial charge in [0.25, 0.3) is 0 Å². The molecule has 4 atom stereocenters. The molecule has 0 radical (unpaired) electrons. The average molecular weight is 304 g/mol. The molecule has 0 fully saturated rings. The number of allylic oxidation sites excluding steroid dienone is 3. The van der Waals surface area contributed by atoms with E-state index >= 15 is 0 Å². The van der Waals surface area contributed by atoms with Crippen LogP contribution in [0.2, 0.25) is 0 Å². The van der Waals surface area contributed by atoms with Crippen LogP contribution in [0.4, 0.5) is 0 Å². The van der Waals surface area contributed by atoms with Gasteiger partial charge in [-0.05, 0) is 50.5 Å². The maximum atomic E-state index is 12.6. The minimum atomic E-state index is -1.16. The van der Waals surface area contributed by atoms with Crippen LogP contribution in [0.1, 0.15) is 59.3 Å². The monoisotopic (exact) mass is 304 g/mol. The summed E-state index contributed by atoms with van der Waals surface area (Å²) in [6, 6.07) is 0. The van der Waals surface area contributed by atoms with E-state index < -0.39 is 12.0 Å². The van der Waals surface area contributed by atoms with Crippen molar-refractivity contribution in [2.45, 2.75) is 65.4 Å². The molecule has 0 aromatic heterocycles. The van der Waals surface area contributed by atoms with Gasteiger partial charge in [0.1, 0.15) is 6.10 Å². The summed E-state index contributed by atoms with van der Waals surface area (Å²) in [4.78, 5) is 25.0. The van der Waals surface area contributed by atoms with Crippen molar-refractivity contribution in [1.29, 1.82) is 0 Å². The van der Waals surface area contributed by atoms with Crippen LogP contribution in [0.15, 0.2) is 23.3 Å². The predicted molar refractivity (Wildman–Crippen MR) is 87.4 cm³/mol.